The van der Waals surface area contributed by atoms with Gasteiger partial charge in [-0.15, -0.1) is 0 Å². The molecule has 10 heteroatoms. The van der Waals surface area contributed by atoms with Crippen LogP contribution in [0.2, 0.25) is 0 Å². The van der Waals surface area contributed by atoms with Crippen molar-refractivity contribution >= 4 is 17.8 Å². The van der Waals surface area contributed by atoms with E-state index in [2.05, 4.69) is 16.7 Å². The molecule has 0 spiro atoms. The number of amides is 2. The quantitative estimate of drug-likeness (QED) is 0.415. The number of carbonyl (C=O) groups excluding carboxylic acids is 2. The summed E-state index contributed by atoms with van der Waals surface area (Å²) < 4.78 is 26.2. The number of hydrogen-bond acceptors (Lipinski definition) is 6. The van der Waals surface area contributed by atoms with E-state index in [0.717, 1.165) is 44.6 Å². The van der Waals surface area contributed by atoms with Gasteiger partial charge in [0.25, 0.3) is 5.91 Å². The number of rotatable bonds is 9. The number of benzene rings is 1. The Kier molecular flexibility index (Phi) is 7.68. The molecule has 4 saturated carbocycles. The maximum absolute atomic E-state index is 14.9. The van der Waals surface area contributed by atoms with Gasteiger partial charge >= 0.3 is 5.97 Å². The van der Waals surface area contributed by atoms with Crippen LogP contribution in [0, 0.1) is 45.7 Å². The Morgan fingerprint density at radius 3 is 2.40 bits per heavy atom. The fourth-order valence-electron chi connectivity index (χ4n) is 7.12. The molecule has 1 aromatic carbocycles. The van der Waals surface area contributed by atoms with Crippen LogP contribution in [0.3, 0.4) is 0 Å². The lowest BCUT2D eigenvalue weighted by Crippen LogP contribution is -2.51. The van der Waals surface area contributed by atoms with Crippen LogP contribution in [0.25, 0.3) is 0 Å². The average molecular weight is 556 g/mol. The molecule has 2 bridgehead atoms. The van der Waals surface area contributed by atoms with Gasteiger partial charge in [-0.2, -0.15) is 5.26 Å². The number of fused-ring (bicyclic) bond motifs is 2. The Morgan fingerprint density at radius 1 is 1.10 bits per heavy atom. The molecule has 4 fully saturated rings. The molecule has 0 unspecified atom stereocenters. The number of ether oxygens (including phenoxy) is 2. The van der Waals surface area contributed by atoms with Crippen molar-refractivity contribution in [3.8, 4) is 17.6 Å². The highest BCUT2D eigenvalue weighted by Gasteiger charge is 2.52. The van der Waals surface area contributed by atoms with Crippen LogP contribution in [0.5, 0.6) is 11.5 Å². The lowest BCUT2D eigenvalue weighted by Gasteiger charge is -2.36. The third-order valence-electron chi connectivity index (χ3n) is 10.0. The van der Waals surface area contributed by atoms with Crippen molar-refractivity contribution < 1.29 is 33.4 Å². The van der Waals surface area contributed by atoms with Gasteiger partial charge in [0, 0.05) is 18.7 Å². The van der Waals surface area contributed by atoms with Gasteiger partial charge in [-0.25, -0.2) is 4.39 Å². The largest absolute Gasteiger partial charge is 0.496 e. The molecule has 216 valence electrons. The fourth-order valence-corrected chi connectivity index (χ4v) is 7.12. The van der Waals surface area contributed by atoms with Crippen molar-refractivity contribution in [2.75, 3.05) is 13.7 Å². The molecule has 0 radical (unpaired) electrons. The summed E-state index contributed by atoms with van der Waals surface area (Å²) in [5, 5.41) is 25.1. The standard InChI is InChI=1S/C30H38FN3O6/c1-29(28(37)38)10-6-19(7-11-29)40-23-13-20(22(39-2)14-21(23)31)26(35)34-25-18-5-4-17(12-18)24(25)27(36)33-16-30(15-32)8-3-9-30/h13-14,17-19,24-25H,3-12,16H2,1-2H3,(H,33,36)(H,34,35)(H,37,38)/t17-,18+,19-,24+,25-,29+/m1/s1. The monoisotopic (exact) mass is 555 g/mol. The molecule has 9 nitrogen and oxygen atoms in total. The van der Waals surface area contributed by atoms with Gasteiger partial charge in [0.05, 0.1) is 41.6 Å². The van der Waals surface area contributed by atoms with Crippen LogP contribution in [0.4, 0.5) is 4.39 Å². The van der Waals surface area contributed by atoms with Gasteiger partial charge in [-0.3, -0.25) is 14.4 Å². The summed E-state index contributed by atoms with van der Waals surface area (Å²) in [6.07, 6.45) is 6.67. The van der Waals surface area contributed by atoms with Crippen LogP contribution in [0.1, 0.15) is 81.5 Å². The first kappa shape index (κ1) is 28.2. The summed E-state index contributed by atoms with van der Waals surface area (Å²) in [7, 11) is 1.36. The number of carboxylic acids is 1. The first-order valence-corrected chi connectivity index (χ1v) is 14.4. The van der Waals surface area contributed by atoms with E-state index in [1.807, 2.05) is 0 Å². The maximum atomic E-state index is 14.9. The molecular weight excluding hydrogens is 517 g/mol. The smallest absolute Gasteiger partial charge is 0.309 e. The zero-order valence-corrected chi connectivity index (χ0v) is 23.1. The minimum atomic E-state index is -0.847. The Balaban J connectivity index is 1.28. The molecule has 4 aliphatic rings. The predicted octanol–water partition coefficient (Wildman–Crippen LogP) is 4.20. The number of hydrogen-bond donors (Lipinski definition) is 3. The van der Waals surface area contributed by atoms with E-state index in [-0.39, 0.29) is 52.9 Å². The SMILES string of the molecule is COc1cc(F)c(O[C@H]2CC[C@@](C)(C(=O)O)CC2)cc1C(=O)N[C@@H]1[C@H]2CC[C@H](C2)[C@@H]1C(=O)NCC1(C#N)CCC1. The molecular formula is C30H38FN3O6. The Morgan fingerprint density at radius 2 is 1.80 bits per heavy atom. The molecule has 4 aliphatic carbocycles. The summed E-state index contributed by atoms with van der Waals surface area (Å²) in [5.74, 6) is -2.16. The zero-order chi connectivity index (χ0) is 28.7. The number of aliphatic carboxylic acids is 1. The van der Waals surface area contributed by atoms with Crippen LogP contribution in [-0.2, 0) is 9.59 Å². The van der Waals surface area contributed by atoms with Crippen molar-refractivity contribution in [2.45, 2.75) is 83.3 Å². The molecule has 0 aliphatic heterocycles. The number of halogens is 1. The molecule has 5 rings (SSSR count). The summed E-state index contributed by atoms with van der Waals surface area (Å²) in [4.78, 5) is 38.4. The number of nitrogens with zero attached hydrogens (tertiary/aromatic N) is 1. The summed E-state index contributed by atoms with van der Waals surface area (Å²) in [5.41, 5.74) is -1.18. The lowest BCUT2D eigenvalue weighted by molar-refractivity contribution is -0.150. The second kappa shape index (κ2) is 10.9. The van der Waals surface area contributed by atoms with Crippen LogP contribution in [-0.4, -0.2) is 48.7 Å². The number of nitrogens with one attached hydrogen (secondary N) is 2. The van der Waals surface area contributed by atoms with E-state index < -0.39 is 28.5 Å². The predicted molar refractivity (Wildman–Crippen MR) is 142 cm³/mol. The third-order valence-corrected chi connectivity index (χ3v) is 10.0. The number of carbonyl (C=O) groups is 3. The topological polar surface area (TPSA) is 138 Å². The Hall–Kier alpha value is -3.35. The molecule has 0 heterocycles. The minimum Gasteiger partial charge on any atom is -0.496 e. The van der Waals surface area contributed by atoms with Crippen LogP contribution < -0.4 is 20.1 Å². The van der Waals surface area contributed by atoms with E-state index >= 15 is 0 Å². The van der Waals surface area contributed by atoms with Gasteiger partial charge in [0.2, 0.25) is 5.91 Å². The molecule has 3 N–H and O–H groups in total. The Labute approximate surface area is 233 Å². The molecule has 2 amide bonds. The van der Waals surface area contributed by atoms with Gasteiger partial charge in [-0.05, 0) is 82.6 Å². The minimum absolute atomic E-state index is 0.0644. The van der Waals surface area contributed by atoms with Crippen LogP contribution >= 0.6 is 0 Å². The van der Waals surface area contributed by atoms with E-state index in [4.69, 9.17) is 9.47 Å². The van der Waals surface area contributed by atoms with E-state index in [1.165, 1.54) is 13.2 Å². The van der Waals surface area contributed by atoms with E-state index in [1.54, 1.807) is 6.92 Å². The number of carboxylic acid groups (broad SMARTS) is 1. The first-order valence-electron chi connectivity index (χ1n) is 14.4. The highest BCUT2D eigenvalue weighted by atomic mass is 19.1. The van der Waals surface area contributed by atoms with Crippen molar-refractivity contribution in [1.29, 1.82) is 5.26 Å². The van der Waals surface area contributed by atoms with Gasteiger partial charge in [-0.1, -0.05) is 6.42 Å². The highest BCUT2D eigenvalue weighted by molar-refractivity contribution is 5.98. The van der Waals surface area contributed by atoms with Gasteiger partial charge in [0.15, 0.2) is 11.6 Å². The van der Waals surface area contributed by atoms with Crippen molar-refractivity contribution in [2.24, 2.45) is 28.6 Å². The summed E-state index contributed by atoms with van der Waals surface area (Å²) in [6, 6.07) is 4.45. The van der Waals surface area contributed by atoms with Crippen molar-refractivity contribution in [3.05, 3.63) is 23.5 Å². The average Bonchev–Trinajstić information content (AvgIpc) is 3.52. The second-order valence-corrected chi connectivity index (χ2v) is 12.5. The van der Waals surface area contributed by atoms with Gasteiger partial charge < -0.3 is 25.2 Å². The Bertz CT molecular complexity index is 1220. The first-order chi connectivity index (χ1) is 19.1. The molecule has 1 aromatic rings. The molecule has 0 aromatic heterocycles. The maximum Gasteiger partial charge on any atom is 0.309 e. The number of methoxy groups -OCH3 is 1. The summed E-state index contributed by atoms with van der Waals surface area (Å²) >= 11 is 0. The highest BCUT2D eigenvalue weighted by Crippen LogP contribution is 2.49. The van der Waals surface area contributed by atoms with Crippen molar-refractivity contribution in [3.63, 3.8) is 0 Å². The number of nitriles is 1. The summed E-state index contributed by atoms with van der Waals surface area (Å²) in [6.45, 7) is 2.04. The normalized spacial score (nSPS) is 31.9. The molecule has 4 atom stereocenters. The van der Waals surface area contributed by atoms with Gasteiger partial charge in [0.1, 0.15) is 5.75 Å². The van der Waals surface area contributed by atoms with E-state index in [0.29, 0.717) is 32.2 Å². The fraction of sp³-hybridized carbons (Fsp3) is 0.667. The second-order valence-electron chi connectivity index (χ2n) is 12.5. The van der Waals surface area contributed by atoms with Crippen LogP contribution in [0.15, 0.2) is 12.1 Å². The van der Waals surface area contributed by atoms with Crippen molar-refractivity contribution in [1.82, 2.24) is 10.6 Å². The lowest BCUT2D eigenvalue weighted by atomic mass is 9.70. The third kappa shape index (κ3) is 5.23. The molecule has 40 heavy (non-hydrogen) atoms. The molecule has 0 saturated heterocycles. The zero-order valence-electron chi connectivity index (χ0n) is 23.1. The van der Waals surface area contributed by atoms with E-state index in [9.17, 15) is 29.1 Å².